The van der Waals surface area contributed by atoms with Crippen molar-refractivity contribution in [2.75, 3.05) is 0 Å². The minimum atomic E-state index is -0.339. The van der Waals surface area contributed by atoms with Crippen LogP contribution in [-0.2, 0) is 4.74 Å². The number of carbonyl (C=O) groups excluding carboxylic acids is 1. The predicted molar refractivity (Wildman–Crippen MR) is 47.8 cm³/mol. The van der Waals surface area contributed by atoms with Gasteiger partial charge < -0.3 is 4.74 Å². The lowest BCUT2D eigenvalue weighted by atomic mass is 10.3. The molecule has 0 bridgehead atoms. The van der Waals surface area contributed by atoms with E-state index in [-0.39, 0.29) is 18.2 Å². The van der Waals surface area contributed by atoms with Crippen molar-refractivity contribution in [2.24, 2.45) is 5.84 Å². The van der Waals surface area contributed by atoms with E-state index in [1.54, 1.807) is 0 Å². The Hall–Kier alpha value is -0.770. The molecular formula is C9H16N2O2. The lowest BCUT2D eigenvalue weighted by Crippen LogP contribution is -2.41. The van der Waals surface area contributed by atoms with Gasteiger partial charge in [-0.1, -0.05) is 0 Å². The van der Waals surface area contributed by atoms with Gasteiger partial charge in [0.05, 0.1) is 6.04 Å². The Kier molecular flexibility index (Phi) is 2.40. The highest BCUT2D eigenvalue weighted by Gasteiger charge is 2.33. The quantitative estimate of drug-likeness (QED) is 0.401. The number of hydrogen-bond donors (Lipinski definition) is 1. The predicted octanol–water partition coefficient (Wildman–Crippen LogP) is 1.40. The molecule has 0 spiro atoms. The Bertz CT molecular complexity index is 198. The number of hydrogen-bond acceptors (Lipinski definition) is 3. The fourth-order valence-corrected chi connectivity index (χ4v) is 1.71. The highest BCUT2D eigenvalue weighted by molar-refractivity contribution is 5.67. The van der Waals surface area contributed by atoms with Crippen molar-refractivity contribution in [3.63, 3.8) is 0 Å². The summed E-state index contributed by atoms with van der Waals surface area (Å²) in [4.78, 5) is 11.4. The molecule has 0 heterocycles. The summed E-state index contributed by atoms with van der Waals surface area (Å²) in [5.74, 6) is 5.56. The Morgan fingerprint density at radius 2 is 1.85 bits per heavy atom. The van der Waals surface area contributed by atoms with E-state index in [2.05, 4.69) is 0 Å². The lowest BCUT2D eigenvalue weighted by molar-refractivity contribution is 0.0631. The first-order valence-electron chi connectivity index (χ1n) is 5.02. The molecule has 0 aromatic rings. The third-order valence-electron chi connectivity index (χ3n) is 2.72. The van der Waals surface area contributed by atoms with Crippen LogP contribution in [0.2, 0.25) is 0 Å². The number of rotatable bonds is 2. The second kappa shape index (κ2) is 3.54. The normalized spacial score (nSPS) is 23.2. The maximum atomic E-state index is 11.4. The average molecular weight is 184 g/mol. The molecule has 4 heteroatoms. The SMILES string of the molecule is NN(C(=O)OC1CCCC1)C1CC1. The van der Waals surface area contributed by atoms with Crippen LogP contribution >= 0.6 is 0 Å². The van der Waals surface area contributed by atoms with Gasteiger partial charge in [-0.3, -0.25) is 0 Å². The summed E-state index contributed by atoms with van der Waals surface area (Å²) in [6, 6.07) is 0.244. The van der Waals surface area contributed by atoms with Gasteiger partial charge in [0.2, 0.25) is 0 Å². The van der Waals surface area contributed by atoms with Gasteiger partial charge in [-0.05, 0) is 38.5 Å². The highest BCUT2D eigenvalue weighted by Crippen LogP contribution is 2.26. The van der Waals surface area contributed by atoms with Gasteiger partial charge >= 0.3 is 6.09 Å². The Morgan fingerprint density at radius 3 is 2.38 bits per heavy atom. The summed E-state index contributed by atoms with van der Waals surface area (Å²) in [6.07, 6.45) is 6.19. The Morgan fingerprint density at radius 1 is 1.23 bits per heavy atom. The van der Waals surface area contributed by atoms with Crippen molar-refractivity contribution in [1.29, 1.82) is 0 Å². The van der Waals surface area contributed by atoms with E-state index >= 15 is 0 Å². The molecule has 2 aliphatic carbocycles. The van der Waals surface area contributed by atoms with Crippen LogP contribution in [0.15, 0.2) is 0 Å². The molecular weight excluding hydrogens is 168 g/mol. The monoisotopic (exact) mass is 184 g/mol. The Balaban J connectivity index is 1.76. The average Bonchev–Trinajstić information content (AvgIpc) is 2.85. The molecule has 2 rings (SSSR count). The molecule has 2 saturated carbocycles. The zero-order chi connectivity index (χ0) is 9.26. The van der Waals surface area contributed by atoms with Gasteiger partial charge in [-0.15, -0.1) is 0 Å². The van der Waals surface area contributed by atoms with Crippen LogP contribution in [0.25, 0.3) is 0 Å². The van der Waals surface area contributed by atoms with E-state index in [1.807, 2.05) is 0 Å². The second-order valence-corrected chi connectivity index (χ2v) is 3.93. The first-order chi connectivity index (χ1) is 6.27. The summed E-state index contributed by atoms with van der Waals surface area (Å²) in [6.45, 7) is 0. The van der Waals surface area contributed by atoms with Crippen LogP contribution < -0.4 is 5.84 Å². The third kappa shape index (κ3) is 2.12. The maximum Gasteiger partial charge on any atom is 0.424 e. The number of carbonyl (C=O) groups is 1. The van der Waals surface area contributed by atoms with E-state index < -0.39 is 0 Å². The molecule has 0 atom stereocenters. The van der Waals surface area contributed by atoms with Gasteiger partial charge in [0.1, 0.15) is 6.10 Å². The summed E-state index contributed by atoms with van der Waals surface area (Å²) in [7, 11) is 0. The molecule has 0 radical (unpaired) electrons. The molecule has 0 aromatic carbocycles. The topological polar surface area (TPSA) is 55.6 Å². The number of ether oxygens (including phenoxy) is 1. The van der Waals surface area contributed by atoms with E-state index in [9.17, 15) is 4.79 Å². The van der Waals surface area contributed by atoms with E-state index in [1.165, 1.54) is 17.9 Å². The van der Waals surface area contributed by atoms with Crippen LogP contribution in [-0.4, -0.2) is 23.2 Å². The molecule has 0 aromatic heterocycles. The van der Waals surface area contributed by atoms with Crippen molar-refractivity contribution in [3.05, 3.63) is 0 Å². The third-order valence-corrected chi connectivity index (χ3v) is 2.72. The van der Waals surface area contributed by atoms with Gasteiger partial charge in [0.25, 0.3) is 0 Å². The largest absolute Gasteiger partial charge is 0.445 e. The van der Waals surface area contributed by atoms with Gasteiger partial charge in [0.15, 0.2) is 0 Å². The van der Waals surface area contributed by atoms with Crippen LogP contribution in [0, 0.1) is 0 Å². The van der Waals surface area contributed by atoms with Crippen LogP contribution in [0.5, 0.6) is 0 Å². The molecule has 2 fully saturated rings. The van der Waals surface area contributed by atoms with Crippen molar-refractivity contribution in [3.8, 4) is 0 Å². The minimum absolute atomic E-state index is 0.122. The molecule has 1 amide bonds. The summed E-state index contributed by atoms with van der Waals surface area (Å²) >= 11 is 0. The summed E-state index contributed by atoms with van der Waals surface area (Å²) in [5, 5.41) is 1.25. The highest BCUT2D eigenvalue weighted by atomic mass is 16.6. The Labute approximate surface area is 78.0 Å². The molecule has 74 valence electrons. The van der Waals surface area contributed by atoms with Crippen molar-refractivity contribution in [2.45, 2.75) is 50.7 Å². The zero-order valence-electron chi connectivity index (χ0n) is 7.74. The van der Waals surface area contributed by atoms with Gasteiger partial charge in [0, 0.05) is 0 Å². The molecule has 4 nitrogen and oxygen atoms in total. The van der Waals surface area contributed by atoms with Crippen LogP contribution in [0.4, 0.5) is 4.79 Å². The summed E-state index contributed by atoms with van der Waals surface area (Å²) < 4.78 is 5.24. The second-order valence-electron chi connectivity index (χ2n) is 3.93. The molecule has 0 unspecified atom stereocenters. The maximum absolute atomic E-state index is 11.4. The minimum Gasteiger partial charge on any atom is -0.445 e. The molecule has 2 aliphatic rings. The van der Waals surface area contributed by atoms with Crippen LogP contribution in [0.1, 0.15) is 38.5 Å². The lowest BCUT2D eigenvalue weighted by Gasteiger charge is -2.18. The molecule has 0 aliphatic heterocycles. The number of hydrazine groups is 1. The van der Waals surface area contributed by atoms with E-state index in [0.717, 1.165) is 25.7 Å². The molecule has 13 heavy (non-hydrogen) atoms. The number of amides is 1. The van der Waals surface area contributed by atoms with E-state index in [0.29, 0.717) is 0 Å². The number of nitrogens with two attached hydrogens (primary N) is 1. The zero-order valence-corrected chi connectivity index (χ0v) is 7.74. The fraction of sp³-hybridized carbons (Fsp3) is 0.889. The van der Waals surface area contributed by atoms with Gasteiger partial charge in [-0.25, -0.2) is 15.6 Å². The molecule has 2 N–H and O–H groups in total. The standard InChI is InChI=1S/C9H16N2O2/c10-11(7-5-6-7)9(12)13-8-3-1-2-4-8/h7-8H,1-6,10H2. The van der Waals surface area contributed by atoms with Crippen molar-refractivity contribution < 1.29 is 9.53 Å². The number of nitrogens with zero attached hydrogens (tertiary/aromatic N) is 1. The summed E-state index contributed by atoms with van der Waals surface area (Å²) in [5.41, 5.74) is 0. The van der Waals surface area contributed by atoms with Crippen LogP contribution in [0.3, 0.4) is 0 Å². The van der Waals surface area contributed by atoms with Crippen molar-refractivity contribution in [1.82, 2.24) is 5.01 Å². The van der Waals surface area contributed by atoms with Crippen molar-refractivity contribution >= 4 is 6.09 Å². The first kappa shape index (κ1) is 8.81. The fourth-order valence-electron chi connectivity index (χ4n) is 1.71. The van der Waals surface area contributed by atoms with E-state index in [4.69, 9.17) is 10.6 Å². The molecule has 0 saturated heterocycles. The first-order valence-corrected chi connectivity index (χ1v) is 5.02. The smallest absolute Gasteiger partial charge is 0.424 e. The van der Waals surface area contributed by atoms with Gasteiger partial charge in [-0.2, -0.15) is 0 Å².